The summed E-state index contributed by atoms with van der Waals surface area (Å²) in [6.45, 7) is 4.39. The summed E-state index contributed by atoms with van der Waals surface area (Å²) in [7, 11) is 0. The largest absolute Gasteiger partial charge is 0.454 e. The molecule has 3 aromatic rings. The van der Waals surface area contributed by atoms with Crippen molar-refractivity contribution in [2.24, 2.45) is 5.10 Å². The molecule has 3 heterocycles. The van der Waals surface area contributed by atoms with Gasteiger partial charge < -0.3 is 24.4 Å². The third-order valence-corrected chi connectivity index (χ3v) is 6.03. The van der Waals surface area contributed by atoms with E-state index in [1.165, 1.54) is 18.3 Å². The highest BCUT2D eigenvalue weighted by Crippen LogP contribution is 2.37. The molecular weight excluding hydrogens is 536 g/mol. The van der Waals surface area contributed by atoms with Gasteiger partial charge in [-0.1, -0.05) is 6.07 Å². The Balaban J connectivity index is 1.42. The first-order valence-electron chi connectivity index (χ1n) is 11.0. The van der Waals surface area contributed by atoms with Crippen molar-refractivity contribution in [3.63, 3.8) is 0 Å². The number of halogens is 1. The molecule has 1 fully saturated rings. The molecule has 2 N–H and O–H groups in total. The fourth-order valence-electron chi connectivity index (χ4n) is 3.59. The lowest BCUT2D eigenvalue weighted by Crippen LogP contribution is -2.37. The predicted octanol–water partition coefficient (Wildman–Crippen LogP) is 3.61. The molecule has 0 atom stereocenters. The molecule has 5 rings (SSSR count). The van der Waals surface area contributed by atoms with E-state index in [2.05, 4.69) is 46.7 Å². The lowest BCUT2D eigenvalue weighted by atomic mass is 10.1. The molecule has 1 saturated heterocycles. The lowest BCUT2D eigenvalue weighted by molar-refractivity contribution is -0.385. The van der Waals surface area contributed by atoms with Crippen molar-refractivity contribution >= 4 is 51.4 Å². The van der Waals surface area contributed by atoms with Gasteiger partial charge in [0.25, 0.3) is 5.69 Å². The van der Waals surface area contributed by atoms with Gasteiger partial charge in [-0.05, 0) is 46.6 Å². The molecule has 0 unspecified atom stereocenters. The predicted molar refractivity (Wildman–Crippen MR) is 135 cm³/mol. The average molecular weight is 557 g/mol. The number of aryl methyl sites for hydroxylation is 1. The minimum atomic E-state index is -0.510. The molecule has 1 aromatic heterocycles. The Hall–Kier alpha value is -4.04. The number of rotatable bonds is 7. The summed E-state index contributed by atoms with van der Waals surface area (Å²) < 4.78 is 16.8. The molecular formula is C22H21BrN8O5. The number of benzene rings is 2. The second-order valence-electron chi connectivity index (χ2n) is 7.88. The van der Waals surface area contributed by atoms with E-state index in [1.54, 1.807) is 0 Å². The zero-order valence-corrected chi connectivity index (χ0v) is 20.7. The Kier molecular flexibility index (Phi) is 6.77. The van der Waals surface area contributed by atoms with E-state index in [0.29, 0.717) is 49.7 Å². The molecule has 186 valence electrons. The van der Waals surface area contributed by atoms with Crippen molar-refractivity contribution < 1.29 is 19.1 Å². The first-order valence-corrected chi connectivity index (χ1v) is 11.7. The number of nitrogens with zero attached hydrogens (tertiary/aromatic N) is 6. The summed E-state index contributed by atoms with van der Waals surface area (Å²) in [5.74, 6) is 1.65. The molecule has 0 aliphatic carbocycles. The van der Waals surface area contributed by atoms with Crippen LogP contribution in [0.25, 0.3) is 0 Å². The highest BCUT2D eigenvalue weighted by Gasteiger charge is 2.23. The van der Waals surface area contributed by atoms with E-state index in [-0.39, 0.29) is 24.0 Å². The molecule has 0 spiro atoms. The van der Waals surface area contributed by atoms with E-state index < -0.39 is 4.92 Å². The first kappa shape index (κ1) is 23.7. The Labute approximate surface area is 213 Å². The van der Waals surface area contributed by atoms with Crippen LogP contribution in [0.1, 0.15) is 11.1 Å². The molecule has 0 saturated carbocycles. The third-order valence-electron chi connectivity index (χ3n) is 5.38. The highest BCUT2D eigenvalue weighted by atomic mass is 79.9. The maximum Gasteiger partial charge on any atom is 0.282 e. The fraction of sp³-hybridized carbons (Fsp3) is 0.273. The van der Waals surface area contributed by atoms with Gasteiger partial charge in [-0.25, -0.2) is 5.43 Å². The van der Waals surface area contributed by atoms with Crippen molar-refractivity contribution in [3.05, 3.63) is 56.0 Å². The van der Waals surface area contributed by atoms with E-state index in [1.807, 2.05) is 30.0 Å². The van der Waals surface area contributed by atoms with Gasteiger partial charge in [0, 0.05) is 17.6 Å². The summed E-state index contributed by atoms with van der Waals surface area (Å²) in [6.07, 6.45) is 1.31. The number of morpholine rings is 1. The Bertz CT molecular complexity index is 1330. The van der Waals surface area contributed by atoms with Crippen molar-refractivity contribution in [3.8, 4) is 11.5 Å². The molecule has 2 aliphatic rings. The summed E-state index contributed by atoms with van der Waals surface area (Å²) in [6, 6.07) is 8.68. The number of nitro groups is 1. The Morgan fingerprint density at radius 3 is 2.61 bits per heavy atom. The standard InChI is InChI=1S/C22H21BrN8O5/c1-13-2-3-16(15(23)8-13)25-20-26-21(28-22(27-20)30-4-6-34-7-5-30)29-24-11-14-9-18-19(36-12-35-18)10-17(14)31(32)33/h2-3,8-11H,4-7,12H2,1H3,(H2,25,26,27,28,29)/b24-11-. The maximum atomic E-state index is 11.5. The number of ether oxygens (including phenoxy) is 3. The van der Waals surface area contributed by atoms with Crippen LogP contribution in [0.2, 0.25) is 0 Å². The van der Waals surface area contributed by atoms with Gasteiger partial charge in [-0.15, -0.1) is 0 Å². The molecule has 0 bridgehead atoms. The summed E-state index contributed by atoms with van der Waals surface area (Å²) in [4.78, 5) is 26.4. The fourth-order valence-corrected chi connectivity index (χ4v) is 4.18. The summed E-state index contributed by atoms with van der Waals surface area (Å²) in [5.41, 5.74) is 4.72. The van der Waals surface area contributed by atoms with Crippen LogP contribution in [0.15, 0.2) is 39.9 Å². The van der Waals surface area contributed by atoms with Crippen LogP contribution in [0.3, 0.4) is 0 Å². The molecule has 2 aromatic carbocycles. The van der Waals surface area contributed by atoms with Crippen molar-refractivity contribution in [2.75, 3.05) is 48.7 Å². The van der Waals surface area contributed by atoms with Gasteiger partial charge in [-0.3, -0.25) is 10.1 Å². The number of hydrogen-bond donors (Lipinski definition) is 2. The van der Waals surface area contributed by atoms with E-state index in [4.69, 9.17) is 14.2 Å². The van der Waals surface area contributed by atoms with Gasteiger partial charge in [0.1, 0.15) is 0 Å². The number of hydrogen-bond acceptors (Lipinski definition) is 12. The average Bonchev–Trinajstić information content (AvgIpc) is 3.33. The summed E-state index contributed by atoms with van der Waals surface area (Å²) in [5, 5.41) is 18.8. The van der Waals surface area contributed by atoms with Crippen molar-refractivity contribution in [2.45, 2.75) is 6.92 Å². The van der Waals surface area contributed by atoms with Crippen LogP contribution < -0.4 is 25.1 Å². The minimum Gasteiger partial charge on any atom is -0.454 e. The van der Waals surface area contributed by atoms with Crippen LogP contribution in [0.4, 0.5) is 29.2 Å². The monoisotopic (exact) mass is 556 g/mol. The molecule has 13 nitrogen and oxygen atoms in total. The number of anilines is 4. The van der Waals surface area contributed by atoms with Gasteiger partial charge in [-0.2, -0.15) is 20.1 Å². The zero-order valence-electron chi connectivity index (χ0n) is 19.1. The Morgan fingerprint density at radius 1 is 1.11 bits per heavy atom. The second-order valence-corrected chi connectivity index (χ2v) is 8.74. The van der Waals surface area contributed by atoms with Crippen LogP contribution in [-0.4, -0.2) is 59.2 Å². The summed E-state index contributed by atoms with van der Waals surface area (Å²) >= 11 is 3.55. The molecule has 0 radical (unpaired) electrons. The SMILES string of the molecule is Cc1ccc(Nc2nc(N/N=C\c3cc4c(cc3[N+](=O)[O-])OCO4)nc(N3CCOCC3)n2)c(Br)c1. The lowest BCUT2D eigenvalue weighted by Gasteiger charge is -2.27. The molecule has 36 heavy (non-hydrogen) atoms. The van der Waals surface area contributed by atoms with Gasteiger partial charge in [0.2, 0.25) is 24.6 Å². The number of fused-ring (bicyclic) bond motifs is 1. The van der Waals surface area contributed by atoms with E-state index in [9.17, 15) is 10.1 Å². The van der Waals surface area contributed by atoms with Crippen LogP contribution in [-0.2, 0) is 4.74 Å². The number of hydrazone groups is 1. The van der Waals surface area contributed by atoms with Crippen LogP contribution in [0, 0.1) is 17.0 Å². The zero-order chi connectivity index (χ0) is 25.1. The van der Waals surface area contributed by atoms with Crippen molar-refractivity contribution in [1.29, 1.82) is 0 Å². The third kappa shape index (κ3) is 5.28. The highest BCUT2D eigenvalue weighted by molar-refractivity contribution is 9.10. The smallest absolute Gasteiger partial charge is 0.282 e. The molecule has 2 aliphatic heterocycles. The van der Waals surface area contributed by atoms with Gasteiger partial charge in [0.15, 0.2) is 11.5 Å². The van der Waals surface area contributed by atoms with Gasteiger partial charge in [0.05, 0.1) is 41.7 Å². The normalized spacial score (nSPS) is 14.8. The molecule has 14 heteroatoms. The van der Waals surface area contributed by atoms with Crippen molar-refractivity contribution in [1.82, 2.24) is 15.0 Å². The number of nitrogens with one attached hydrogen (secondary N) is 2. The van der Waals surface area contributed by atoms with Crippen LogP contribution >= 0.6 is 15.9 Å². The number of nitro benzene ring substituents is 1. The maximum absolute atomic E-state index is 11.5. The topological polar surface area (TPSA) is 149 Å². The molecule has 0 amide bonds. The minimum absolute atomic E-state index is 0.00732. The van der Waals surface area contributed by atoms with Crippen LogP contribution in [0.5, 0.6) is 11.5 Å². The van der Waals surface area contributed by atoms with Gasteiger partial charge >= 0.3 is 0 Å². The number of aromatic nitrogens is 3. The van der Waals surface area contributed by atoms with E-state index >= 15 is 0 Å². The first-order chi connectivity index (χ1) is 17.5. The van der Waals surface area contributed by atoms with E-state index in [0.717, 1.165) is 15.7 Å². The second kappa shape index (κ2) is 10.3. The Morgan fingerprint density at radius 2 is 1.86 bits per heavy atom. The quantitative estimate of drug-likeness (QED) is 0.249.